The topological polar surface area (TPSA) is 61.9 Å². The molecule has 0 aromatic heterocycles. The van der Waals surface area contributed by atoms with Crippen molar-refractivity contribution in [3.05, 3.63) is 47.5 Å². The average molecular weight is 438 g/mol. The van der Waals surface area contributed by atoms with Crippen molar-refractivity contribution in [2.75, 3.05) is 26.7 Å². The number of rotatable bonds is 4. The van der Waals surface area contributed by atoms with Crippen molar-refractivity contribution in [1.29, 1.82) is 0 Å². The number of nitrogens with zero attached hydrogens (tertiary/aromatic N) is 2. The van der Waals surface area contributed by atoms with E-state index in [0.29, 0.717) is 24.3 Å². The Morgan fingerprint density at radius 3 is 2.81 bits per heavy atom. The number of hydrogen-bond acceptors (Lipinski definition) is 4. The first-order chi connectivity index (χ1) is 15.6. The van der Waals surface area contributed by atoms with Gasteiger partial charge in [-0.25, -0.2) is 9.59 Å². The van der Waals surface area contributed by atoms with Gasteiger partial charge in [-0.2, -0.15) is 0 Å². The minimum atomic E-state index is -0.682. The van der Waals surface area contributed by atoms with Crippen LogP contribution in [0.15, 0.2) is 42.0 Å². The molecule has 0 saturated carbocycles. The Kier molecular flexibility index (Phi) is 6.22. The van der Waals surface area contributed by atoms with Crippen LogP contribution in [0.3, 0.4) is 0 Å². The number of fused-ring (bicyclic) bond motifs is 6. The van der Waals surface area contributed by atoms with E-state index in [1.165, 1.54) is 44.9 Å². The number of urea groups is 1. The van der Waals surface area contributed by atoms with E-state index in [4.69, 9.17) is 4.74 Å². The van der Waals surface area contributed by atoms with Gasteiger partial charge in [0.05, 0.1) is 13.2 Å². The van der Waals surface area contributed by atoms with Gasteiger partial charge in [0.15, 0.2) is 0 Å². The molecule has 1 aromatic carbocycles. The molecule has 5 rings (SSSR count). The number of esters is 1. The van der Waals surface area contributed by atoms with E-state index in [1.54, 1.807) is 0 Å². The fraction of sp³-hybridized carbons (Fsp3) is 0.615. The van der Waals surface area contributed by atoms with Crippen molar-refractivity contribution in [3.63, 3.8) is 0 Å². The molecule has 1 aromatic rings. The largest absolute Gasteiger partial charge is 0.467 e. The SMILES string of the molecule is COC(=O)[C@H](Cc1ccccc1)NC(=O)N1CCCC2=C[C@H]3C[C@@H](CN4CCCC[C@@H]34)[C@@H]21. The Bertz CT molecular complexity index is 870. The van der Waals surface area contributed by atoms with Crippen LogP contribution in [-0.4, -0.2) is 66.7 Å². The second-order valence-corrected chi connectivity index (χ2v) is 9.92. The Morgan fingerprint density at radius 2 is 2.00 bits per heavy atom. The summed E-state index contributed by atoms with van der Waals surface area (Å²) in [4.78, 5) is 30.7. The van der Waals surface area contributed by atoms with Crippen LogP contribution in [-0.2, 0) is 16.0 Å². The number of carbonyl (C=O) groups excluding carboxylic acids is 2. The molecule has 2 bridgehead atoms. The van der Waals surface area contributed by atoms with E-state index in [0.717, 1.165) is 31.5 Å². The molecule has 172 valence electrons. The minimum absolute atomic E-state index is 0.133. The number of likely N-dealkylation sites (tertiary alicyclic amines) is 1. The summed E-state index contributed by atoms with van der Waals surface area (Å²) in [6.45, 7) is 3.04. The van der Waals surface area contributed by atoms with Crippen LogP contribution in [0.2, 0.25) is 0 Å². The van der Waals surface area contributed by atoms with Gasteiger partial charge in [-0.05, 0) is 56.0 Å². The zero-order chi connectivity index (χ0) is 22.1. The summed E-state index contributed by atoms with van der Waals surface area (Å²) in [5.41, 5.74) is 2.46. The molecule has 2 amide bonds. The molecule has 1 aliphatic carbocycles. The number of ether oxygens (including phenoxy) is 1. The summed E-state index contributed by atoms with van der Waals surface area (Å²) in [6, 6.07) is 9.84. The summed E-state index contributed by atoms with van der Waals surface area (Å²) in [7, 11) is 1.38. The third-order valence-corrected chi connectivity index (χ3v) is 7.98. The Balaban J connectivity index is 1.34. The summed E-state index contributed by atoms with van der Waals surface area (Å²) in [5.74, 6) is 0.739. The van der Waals surface area contributed by atoms with E-state index in [9.17, 15) is 9.59 Å². The van der Waals surface area contributed by atoms with Crippen LogP contribution in [0.4, 0.5) is 4.79 Å². The maximum atomic E-state index is 13.5. The number of carbonyl (C=O) groups is 2. The molecule has 32 heavy (non-hydrogen) atoms. The van der Waals surface area contributed by atoms with Crippen LogP contribution in [0, 0.1) is 11.8 Å². The highest BCUT2D eigenvalue weighted by atomic mass is 16.5. The van der Waals surface area contributed by atoms with Crippen molar-refractivity contribution >= 4 is 12.0 Å². The molecule has 3 fully saturated rings. The Morgan fingerprint density at radius 1 is 1.16 bits per heavy atom. The maximum absolute atomic E-state index is 13.5. The van der Waals surface area contributed by atoms with Crippen molar-refractivity contribution in [3.8, 4) is 0 Å². The van der Waals surface area contributed by atoms with Crippen molar-refractivity contribution in [2.24, 2.45) is 11.8 Å². The van der Waals surface area contributed by atoms with Gasteiger partial charge in [-0.15, -0.1) is 0 Å². The van der Waals surface area contributed by atoms with Gasteiger partial charge in [0.25, 0.3) is 0 Å². The van der Waals surface area contributed by atoms with Crippen LogP contribution in [0.5, 0.6) is 0 Å². The van der Waals surface area contributed by atoms with Crippen LogP contribution in [0.1, 0.15) is 44.1 Å². The number of piperidine rings is 3. The summed E-state index contributed by atoms with van der Waals surface area (Å²) >= 11 is 0. The molecule has 0 radical (unpaired) electrons. The molecule has 6 nitrogen and oxygen atoms in total. The van der Waals surface area contributed by atoms with Crippen molar-refractivity contribution in [1.82, 2.24) is 15.1 Å². The van der Waals surface area contributed by atoms with Gasteiger partial charge in [0, 0.05) is 25.6 Å². The average Bonchev–Trinajstić information content (AvgIpc) is 2.83. The first kappa shape index (κ1) is 21.5. The second kappa shape index (κ2) is 9.26. The molecule has 4 aliphatic rings. The van der Waals surface area contributed by atoms with Crippen LogP contribution >= 0.6 is 0 Å². The van der Waals surface area contributed by atoms with Gasteiger partial charge in [0.1, 0.15) is 6.04 Å². The Hall–Kier alpha value is -2.34. The number of hydrogen-bond donors (Lipinski definition) is 1. The number of methoxy groups -OCH3 is 1. The molecule has 6 heteroatoms. The minimum Gasteiger partial charge on any atom is -0.467 e. The van der Waals surface area contributed by atoms with Gasteiger partial charge in [-0.1, -0.05) is 48.4 Å². The Labute approximate surface area is 191 Å². The molecule has 3 heterocycles. The van der Waals surface area contributed by atoms with E-state index in [1.807, 2.05) is 35.2 Å². The fourth-order valence-corrected chi connectivity index (χ4v) is 6.62. The molecular weight excluding hydrogens is 402 g/mol. The highest BCUT2D eigenvalue weighted by Gasteiger charge is 2.47. The van der Waals surface area contributed by atoms with Crippen molar-refractivity contribution in [2.45, 2.75) is 63.1 Å². The van der Waals surface area contributed by atoms with Gasteiger partial charge >= 0.3 is 12.0 Å². The predicted molar refractivity (Wildman–Crippen MR) is 123 cm³/mol. The van der Waals surface area contributed by atoms with E-state index in [-0.39, 0.29) is 12.1 Å². The number of amides is 2. The smallest absolute Gasteiger partial charge is 0.328 e. The molecular formula is C26H35N3O3. The van der Waals surface area contributed by atoms with E-state index in [2.05, 4.69) is 16.3 Å². The second-order valence-electron chi connectivity index (χ2n) is 9.92. The van der Waals surface area contributed by atoms with Gasteiger partial charge in [0.2, 0.25) is 0 Å². The molecule has 0 unspecified atom stereocenters. The summed E-state index contributed by atoms with van der Waals surface area (Å²) in [6.07, 6.45) is 10.2. The highest BCUT2D eigenvalue weighted by Crippen LogP contribution is 2.45. The first-order valence-corrected chi connectivity index (χ1v) is 12.3. The number of nitrogens with one attached hydrogen (secondary N) is 1. The van der Waals surface area contributed by atoms with Gasteiger partial charge in [-0.3, -0.25) is 4.90 Å². The summed E-state index contributed by atoms with van der Waals surface area (Å²) < 4.78 is 5.01. The van der Waals surface area contributed by atoms with Crippen molar-refractivity contribution < 1.29 is 14.3 Å². The zero-order valence-electron chi connectivity index (χ0n) is 19.0. The molecule has 5 atom stereocenters. The summed E-state index contributed by atoms with van der Waals surface area (Å²) in [5, 5.41) is 3.02. The number of benzene rings is 1. The monoisotopic (exact) mass is 437 g/mol. The quantitative estimate of drug-likeness (QED) is 0.580. The van der Waals surface area contributed by atoms with Gasteiger partial charge < -0.3 is 15.0 Å². The lowest BCUT2D eigenvalue weighted by atomic mass is 9.68. The van der Waals surface area contributed by atoms with E-state index < -0.39 is 12.0 Å². The molecule has 3 saturated heterocycles. The highest BCUT2D eigenvalue weighted by molar-refractivity contribution is 5.84. The first-order valence-electron chi connectivity index (χ1n) is 12.3. The molecule has 3 aliphatic heterocycles. The zero-order valence-corrected chi connectivity index (χ0v) is 19.0. The maximum Gasteiger partial charge on any atom is 0.328 e. The third-order valence-electron chi connectivity index (χ3n) is 7.98. The lowest BCUT2D eigenvalue weighted by molar-refractivity contribution is -0.142. The lowest BCUT2D eigenvalue weighted by Crippen LogP contribution is -2.62. The third kappa shape index (κ3) is 4.17. The fourth-order valence-electron chi connectivity index (χ4n) is 6.62. The van der Waals surface area contributed by atoms with Crippen LogP contribution < -0.4 is 5.32 Å². The lowest BCUT2D eigenvalue weighted by Gasteiger charge is -2.54. The van der Waals surface area contributed by atoms with Crippen LogP contribution in [0.25, 0.3) is 0 Å². The van der Waals surface area contributed by atoms with E-state index >= 15 is 0 Å². The molecule has 0 spiro atoms. The standard InChI is InChI=1S/C26H35N3O3/c1-32-25(30)22(14-18-8-3-2-4-9-18)27-26(31)29-13-7-10-19-15-20-16-21(24(19)29)17-28-12-6-5-11-23(20)28/h2-4,8-9,15,20-24H,5-7,10-14,16-17H2,1H3,(H,27,31)/t20-,21-,22-,23-,24+/m0/s1. The predicted octanol–water partition coefficient (Wildman–Crippen LogP) is 3.38. The normalized spacial score (nSPS) is 30.4. The molecule has 1 N–H and O–H groups in total.